The minimum atomic E-state index is -0.924. The lowest BCUT2D eigenvalue weighted by Crippen LogP contribution is -2.38. The number of rotatable bonds is 8. The van der Waals surface area contributed by atoms with Crippen LogP contribution in [0.1, 0.15) is 48.3 Å². The second-order valence-corrected chi connectivity index (χ2v) is 8.52. The zero-order valence-corrected chi connectivity index (χ0v) is 20.9. The van der Waals surface area contributed by atoms with E-state index in [1.807, 2.05) is 30.3 Å². The number of hydrogen-bond donors (Lipinski definition) is 1. The first-order valence-electron chi connectivity index (χ1n) is 11.7. The Labute approximate surface area is 206 Å². The summed E-state index contributed by atoms with van der Waals surface area (Å²) < 4.78 is 16.2. The van der Waals surface area contributed by atoms with Crippen molar-refractivity contribution in [3.8, 4) is 0 Å². The largest absolute Gasteiger partial charge is 0.483 e. The Kier molecular flexibility index (Phi) is 9.00. The molecule has 8 nitrogen and oxygen atoms in total. The van der Waals surface area contributed by atoms with E-state index in [1.54, 1.807) is 45.4 Å². The van der Waals surface area contributed by atoms with Crippen LogP contribution in [0.3, 0.4) is 0 Å². The van der Waals surface area contributed by atoms with Gasteiger partial charge in [-0.3, -0.25) is 4.79 Å². The van der Waals surface area contributed by atoms with Crippen LogP contribution in [-0.2, 0) is 25.4 Å². The average Bonchev–Trinajstić information content (AvgIpc) is 2.87. The fraction of sp³-hybridized carbons (Fsp3) is 0.407. The smallest absolute Gasteiger partial charge is 0.333 e. The number of ether oxygens (including phenoxy) is 3. The highest BCUT2D eigenvalue weighted by Crippen LogP contribution is 2.22. The van der Waals surface area contributed by atoms with Gasteiger partial charge in [0.05, 0.1) is 20.8 Å². The van der Waals surface area contributed by atoms with Crippen LogP contribution in [0.2, 0.25) is 0 Å². The molecule has 0 aromatic heterocycles. The summed E-state index contributed by atoms with van der Waals surface area (Å²) in [5.41, 5.74) is 2.07. The number of nitrogens with zero attached hydrogens (tertiary/aromatic N) is 2. The molecule has 2 aromatic rings. The quantitative estimate of drug-likeness (QED) is 0.582. The number of carbonyl (C=O) groups excluding carboxylic acids is 2. The van der Waals surface area contributed by atoms with E-state index in [0.717, 1.165) is 5.56 Å². The summed E-state index contributed by atoms with van der Waals surface area (Å²) >= 11 is 0. The van der Waals surface area contributed by atoms with Crippen molar-refractivity contribution in [1.82, 2.24) is 5.32 Å². The molecule has 0 fully saturated rings. The number of carbonyl (C=O) groups is 2. The molecule has 1 aliphatic heterocycles. The number of amides is 1. The Bertz CT molecular complexity index is 1060. The SMILES string of the molecule is CCOC(=O)C(NC(=O)c1ccccc1)c1ccc(C[C@@H]2N=C(OC)[C@@H](C(C)C)N=C2OC)cc1. The Morgan fingerprint density at radius 2 is 1.60 bits per heavy atom. The molecular formula is C27H33N3O5. The van der Waals surface area contributed by atoms with E-state index < -0.39 is 12.0 Å². The summed E-state index contributed by atoms with van der Waals surface area (Å²) in [5, 5.41) is 2.79. The zero-order chi connectivity index (χ0) is 25.4. The topological polar surface area (TPSA) is 98.6 Å². The van der Waals surface area contributed by atoms with Crippen molar-refractivity contribution in [2.24, 2.45) is 15.9 Å². The lowest BCUT2D eigenvalue weighted by molar-refractivity contribution is -0.145. The molecule has 1 N–H and O–H groups in total. The predicted molar refractivity (Wildman–Crippen MR) is 135 cm³/mol. The number of benzene rings is 2. The van der Waals surface area contributed by atoms with Crippen LogP contribution in [0.15, 0.2) is 64.6 Å². The van der Waals surface area contributed by atoms with Gasteiger partial charge in [0, 0.05) is 12.0 Å². The van der Waals surface area contributed by atoms with Gasteiger partial charge in [-0.2, -0.15) is 0 Å². The molecule has 1 unspecified atom stereocenters. The van der Waals surface area contributed by atoms with Gasteiger partial charge in [0.25, 0.3) is 5.91 Å². The van der Waals surface area contributed by atoms with Gasteiger partial charge in [0.15, 0.2) is 6.04 Å². The molecule has 1 heterocycles. The monoisotopic (exact) mass is 479 g/mol. The normalized spacial score (nSPS) is 18.2. The van der Waals surface area contributed by atoms with Gasteiger partial charge in [-0.15, -0.1) is 0 Å². The first-order valence-corrected chi connectivity index (χ1v) is 11.7. The van der Waals surface area contributed by atoms with Crippen LogP contribution in [-0.4, -0.2) is 56.6 Å². The maximum Gasteiger partial charge on any atom is 0.333 e. The third-order valence-corrected chi connectivity index (χ3v) is 5.71. The Morgan fingerprint density at radius 1 is 0.943 bits per heavy atom. The van der Waals surface area contributed by atoms with Crippen molar-refractivity contribution >= 4 is 23.7 Å². The molecule has 0 saturated carbocycles. The van der Waals surface area contributed by atoms with E-state index in [9.17, 15) is 9.59 Å². The lowest BCUT2D eigenvalue weighted by Gasteiger charge is -2.27. The van der Waals surface area contributed by atoms with E-state index >= 15 is 0 Å². The van der Waals surface area contributed by atoms with Gasteiger partial charge in [-0.25, -0.2) is 14.8 Å². The third kappa shape index (κ3) is 6.47. The van der Waals surface area contributed by atoms with Crippen LogP contribution >= 0.6 is 0 Å². The summed E-state index contributed by atoms with van der Waals surface area (Å²) in [4.78, 5) is 34.8. The molecule has 1 aliphatic rings. The highest BCUT2D eigenvalue weighted by atomic mass is 16.5. The fourth-order valence-corrected chi connectivity index (χ4v) is 3.87. The van der Waals surface area contributed by atoms with E-state index in [2.05, 4.69) is 19.2 Å². The number of methoxy groups -OCH3 is 2. The lowest BCUT2D eigenvalue weighted by atomic mass is 9.98. The highest BCUT2D eigenvalue weighted by molar-refractivity contribution is 5.97. The van der Waals surface area contributed by atoms with Crippen LogP contribution in [0.25, 0.3) is 0 Å². The zero-order valence-electron chi connectivity index (χ0n) is 20.9. The van der Waals surface area contributed by atoms with Gasteiger partial charge in [-0.05, 0) is 36.1 Å². The van der Waals surface area contributed by atoms with Crippen molar-refractivity contribution in [3.05, 3.63) is 71.3 Å². The molecular weight excluding hydrogens is 446 g/mol. The number of esters is 1. The second kappa shape index (κ2) is 12.1. The molecule has 0 spiro atoms. The predicted octanol–water partition coefficient (Wildman–Crippen LogP) is 3.76. The van der Waals surface area contributed by atoms with Gasteiger partial charge in [-0.1, -0.05) is 56.3 Å². The third-order valence-electron chi connectivity index (χ3n) is 5.71. The van der Waals surface area contributed by atoms with E-state index in [-0.39, 0.29) is 30.5 Å². The van der Waals surface area contributed by atoms with Crippen LogP contribution < -0.4 is 5.32 Å². The molecule has 35 heavy (non-hydrogen) atoms. The van der Waals surface area contributed by atoms with E-state index in [4.69, 9.17) is 24.2 Å². The Hall–Kier alpha value is -3.68. The summed E-state index contributed by atoms with van der Waals surface area (Å²) in [7, 11) is 3.20. The minimum absolute atomic E-state index is 0.174. The molecule has 1 amide bonds. The Morgan fingerprint density at radius 3 is 2.17 bits per heavy atom. The van der Waals surface area contributed by atoms with Crippen LogP contribution in [0.5, 0.6) is 0 Å². The molecule has 0 saturated heterocycles. The van der Waals surface area contributed by atoms with Crippen molar-refractivity contribution < 1.29 is 23.8 Å². The molecule has 2 aromatic carbocycles. The highest BCUT2D eigenvalue weighted by Gasteiger charge is 2.31. The van der Waals surface area contributed by atoms with Gasteiger partial charge in [0.1, 0.15) is 12.1 Å². The molecule has 3 rings (SSSR count). The molecule has 0 bridgehead atoms. The van der Waals surface area contributed by atoms with Crippen molar-refractivity contribution in [1.29, 1.82) is 0 Å². The standard InChI is InChI=1S/C27H33N3O5/c1-6-35-27(32)23(29-24(31)20-10-8-7-9-11-20)19-14-12-18(13-15-19)16-21-25(33-4)30-22(17(2)3)26(28-21)34-5/h7-15,17,21-23H,6,16H2,1-5H3,(H,29,31)/t21-,22+,23?/m0/s1. The average molecular weight is 480 g/mol. The number of nitrogens with one attached hydrogen (secondary N) is 1. The van der Waals surface area contributed by atoms with Crippen molar-refractivity contribution in [2.45, 2.75) is 45.3 Å². The summed E-state index contributed by atoms with van der Waals surface area (Å²) in [6, 6.07) is 14.8. The summed E-state index contributed by atoms with van der Waals surface area (Å²) in [5.74, 6) is 0.517. The minimum Gasteiger partial charge on any atom is -0.483 e. The molecule has 8 heteroatoms. The van der Waals surface area contributed by atoms with Gasteiger partial charge in [0.2, 0.25) is 11.8 Å². The maximum absolute atomic E-state index is 12.7. The number of aliphatic imine (C=N–C) groups is 2. The number of hydrogen-bond acceptors (Lipinski definition) is 7. The molecule has 0 radical (unpaired) electrons. The van der Waals surface area contributed by atoms with Crippen LogP contribution in [0, 0.1) is 5.92 Å². The Balaban J connectivity index is 1.79. The first kappa shape index (κ1) is 25.9. The van der Waals surface area contributed by atoms with Crippen LogP contribution in [0.4, 0.5) is 0 Å². The molecule has 3 atom stereocenters. The second-order valence-electron chi connectivity index (χ2n) is 8.52. The molecule has 186 valence electrons. The van der Waals surface area contributed by atoms with Crippen molar-refractivity contribution in [3.63, 3.8) is 0 Å². The van der Waals surface area contributed by atoms with Gasteiger partial charge >= 0.3 is 5.97 Å². The van der Waals surface area contributed by atoms with E-state index in [1.165, 1.54) is 0 Å². The first-order chi connectivity index (χ1) is 16.9. The van der Waals surface area contributed by atoms with Gasteiger partial charge < -0.3 is 19.5 Å². The summed E-state index contributed by atoms with van der Waals surface area (Å²) in [6.45, 7) is 6.07. The summed E-state index contributed by atoms with van der Waals surface area (Å²) in [6.07, 6.45) is 0.547. The van der Waals surface area contributed by atoms with E-state index in [0.29, 0.717) is 29.3 Å². The van der Waals surface area contributed by atoms with Crippen molar-refractivity contribution in [2.75, 3.05) is 20.8 Å². The molecule has 0 aliphatic carbocycles. The maximum atomic E-state index is 12.7. The fourth-order valence-electron chi connectivity index (χ4n) is 3.87.